The number of hydrogen-bond acceptors (Lipinski definition) is 13. The van der Waals surface area contributed by atoms with Gasteiger partial charge in [0.25, 0.3) is 0 Å². The first-order valence-corrected chi connectivity index (χ1v) is 16.6. The lowest BCUT2D eigenvalue weighted by Gasteiger charge is -2.43. The molecule has 1 fully saturated rings. The molecule has 14 heteroatoms. The number of methoxy groups -OCH3 is 1. The van der Waals surface area contributed by atoms with E-state index >= 15 is 0 Å². The molecule has 1 amide bonds. The van der Waals surface area contributed by atoms with Crippen molar-refractivity contribution in [1.82, 2.24) is 5.32 Å². The smallest absolute Gasteiger partial charge is 0.407 e. The molecular weight excluding hydrogens is 690 g/mol. The Kier molecular flexibility index (Phi) is 12.4. The number of hydrogen-bond donors (Lipinski definition) is 1. The fourth-order valence-corrected chi connectivity index (χ4v) is 6.15. The average Bonchev–Trinajstić information content (AvgIpc) is 3.45. The lowest BCUT2D eigenvalue weighted by Crippen LogP contribution is -2.64. The van der Waals surface area contributed by atoms with E-state index in [9.17, 15) is 28.8 Å². The molecule has 0 spiro atoms. The third-order valence-corrected chi connectivity index (χ3v) is 8.31. The van der Waals surface area contributed by atoms with Gasteiger partial charge in [0, 0.05) is 45.2 Å². The molecule has 1 saturated heterocycles. The standard InChI is InChI=1S/C39H37NO13/c1-22(42)49-33-34(50-23(2)43)36(51-24(3)44)38(53-35(33)37(45)47-4)52-32-19-25(16-17-26(32)20-41)11-9-10-18-40-39(46)48-21-31-29-14-7-5-12-27(29)28-13-6-8-15-30(28)31/h5-8,12-17,19-20,31,33-36,38H,10,18,21H2,1-4H3,(H,40,46)/t33-,34-,35-,36+,38+/m0/s1. The van der Waals surface area contributed by atoms with Crippen molar-refractivity contribution in [2.45, 2.75) is 63.8 Å². The maximum absolute atomic E-state index is 12.7. The fraction of sp³-hybridized carbons (Fsp3) is 0.333. The molecule has 276 valence electrons. The highest BCUT2D eigenvalue weighted by Crippen LogP contribution is 2.44. The van der Waals surface area contributed by atoms with Gasteiger partial charge in [-0.2, -0.15) is 0 Å². The predicted octanol–water partition coefficient (Wildman–Crippen LogP) is 3.85. The van der Waals surface area contributed by atoms with Gasteiger partial charge in [-0.25, -0.2) is 9.59 Å². The molecule has 5 rings (SSSR count). The number of aldehydes is 1. The highest BCUT2D eigenvalue weighted by atomic mass is 16.7. The normalized spacial score (nSPS) is 19.9. The molecule has 0 bridgehead atoms. The Balaban J connectivity index is 1.25. The van der Waals surface area contributed by atoms with E-state index in [0.717, 1.165) is 50.1 Å². The van der Waals surface area contributed by atoms with Crippen LogP contribution in [-0.2, 0) is 47.6 Å². The van der Waals surface area contributed by atoms with Crippen LogP contribution in [0.15, 0.2) is 66.7 Å². The summed E-state index contributed by atoms with van der Waals surface area (Å²) in [6.07, 6.45) is -7.91. The van der Waals surface area contributed by atoms with Gasteiger partial charge in [-0.3, -0.25) is 19.2 Å². The monoisotopic (exact) mass is 727 g/mol. The van der Waals surface area contributed by atoms with Crippen molar-refractivity contribution in [2.24, 2.45) is 0 Å². The number of alkyl carbamates (subject to hydrolysis) is 1. The summed E-state index contributed by atoms with van der Waals surface area (Å²) in [7, 11) is 1.06. The molecule has 53 heavy (non-hydrogen) atoms. The largest absolute Gasteiger partial charge is 0.467 e. The second-order valence-electron chi connectivity index (χ2n) is 12.0. The molecule has 0 aromatic heterocycles. The first kappa shape index (κ1) is 38.0. The zero-order valence-electron chi connectivity index (χ0n) is 29.3. The van der Waals surface area contributed by atoms with E-state index in [1.165, 1.54) is 12.1 Å². The molecule has 3 aromatic carbocycles. The number of amides is 1. The molecule has 0 unspecified atom stereocenters. The Morgan fingerprint density at radius 1 is 0.811 bits per heavy atom. The summed E-state index contributed by atoms with van der Waals surface area (Å²) in [6.45, 7) is 3.56. The number of rotatable bonds is 11. The third-order valence-electron chi connectivity index (χ3n) is 8.31. The topological polar surface area (TPSA) is 179 Å². The minimum absolute atomic E-state index is 0.0402. The predicted molar refractivity (Wildman–Crippen MR) is 184 cm³/mol. The number of esters is 4. The minimum atomic E-state index is -1.68. The van der Waals surface area contributed by atoms with E-state index in [-0.39, 0.29) is 36.8 Å². The zero-order valence-corrected chi connectivity index (χ0v) is 29.3. The Morgan fingerprint density at radius 2 is 1.42 bits per heavy atom. The Morgan fingerprint density at radius 3 is 2.02 bits per heavy atom. The molecule has 3 aromatic rings. The second-order valence-corrected chi connectivity index (χ2v) is 12.0. The molecule has 2 aliphatic rings. The molecular formula is C39H37NO13. The van der Waals surface area contributed by atoms with Gasteiger partial charge >= 0.3 is 30.0 Å². The Labute approximate surface area is 305 Å². The highest BCUT2D eigenvalue weighted by Gasteiger charge is 2.56. The molecule has 0 radical (unpaired) electrons. The molecule has 1 aliphatic carbocycles. The zero-order chi connectivity index (χ0) is 38.1. The minimum Gasteiger partial charge on any atom is -0.467 e. The van der Waals surface area contributed by atoms with Gasteiger partial charge in [-0.15, -0.1) is 0 Å². The van der Waals surface area contributed by atoms with Crippen LogP contribution < -0.4 is 10.1 Å². The first-order valence-electron chi connectivity index (χ1n) is 16.6. The maximum Gasteiger partial charge on any atom is 0.407 e. The molecule has 5 atom stereocenters. The third kappa shape index (κ3) is 9.19. The van der Waals surface area contributed by atoms with Gasteiger partial charge in [-0.1, -0.05) is 60.4 Å². The summed E-state index contributed by atoms with van der Waals surface area (Å²) in [6, 6.07) is 20.5. The Hall–Kier alpha value is -6.20. The van der Waals surface area contributed by atoms with Crippen LogP contribution in [0.5, 0.6) is 5.75 Å². The van der Waals surface area contributed by atoms with Crippen LogP contribution in [0.25, 0.3) is 11.1 Å². The van der Waals surface area contributed by atoms with Crippen molar-refractivity contribution in [3.05, 3.63) is 89.0 Å². The van der Waals surface area contributed by atoms with Crippen LogP contribution in [0.1, 0.15) is 60.2 Å². The number of nitrogens with one attached hydrogen (secondary N) is 1. The van der Waals surface area contributed by atoms with Gasteiger partial charge < -0.3 is 38.5 Å². The summed E-state index contributed by atoms with van der Waals surface area (Å²) in [4.78, 5) is 73.4. The fourth-order valence-electron chi connectivity index (χ4n) is 6.15. The number of carbonyl (C=O) groups excluding carboxylic acids is 6. The van der Waals surface area contributed by atoms with Crippen LogP contribution in [0.2, 0.25) is 0 Å². The van der Waals surface area contributed by atoms with Crippen molar-refractivity contribution in [2.75, 3.05) is 20.3 Å². The average molecular weight is 728 g/mol. The molecule has 0 saturated carbocycles. The number of ether oxygens (including phenoxy) is 7. The molecule has 1 aliphatic heterocycles. The lowest BCUT2D eigenvalue weighted by atomic mass is 9.97. The van der Waals surface area contributed by atoms with Crippen molar-refractivity contribution < 1.29 is 61.9 Å². The van der Waals surface area contributed by atoms with Gasteiger partial charge in [0.05, 0.1) is 12.7 Å². The maximum atomic E-state index is 12.7. The van der Waals surface area contributed by atoms with Gasteiger partial charge in [0.2, 0.25) is 12.4 Å². The van der Waals surface area contributed by atoms with Gasteiger partial charge in [-0.05, 0) is 40.5 Å². The SMILES string of the molecule is COC(=O)[C@H]1O[C@@H](Oc2cc(C#CCCNC(=O)OCC3c4ccccc4-c4ccccc43)ccc2C=O)[C@H](OC(C)=O)[C@@H](OC(C)=O)[C@@H]1OC(C)=O. The van der Waals surface area contributed by atoms with E-state index in [1.54, 1.807) is 6.07 Å². The number of fused-ring (bicyclic) bond motifs is 3. The molecule has 1 N–H and O–H groups in total. The Bertz CT molecular complexity index is 1900. The van der Waals surface area contributed by atoms with Crippen LogP contribution in [-0.4, -0.2) is 87.2 Å². The quantitative estimate of drug-likeness (QED) is 0.0991. The van der Waals surface area contributed by atoms with Crippen molar-refractivity contribution in [3.8, 4) is 28.7 Å². The van der Waals surface area contributed by atoms with Crippen LogP contribution in [0, 0.1) is 11.8 Å². The first-order chi connectivity index (χ1) is 25.5. The van der Waals surface area contributed by atoms with Crippen LogP contribution >= 0.6 is 0 Å². The van der Waals surface area contributed by atoms with Gasteiger partial charge in [0.1, 0.15) is 12.4 Å². The summed E-state index contributed by atoms with van der Waals surface area (Å²) in [5.74, 6) is 2.14. The highest BCUT2D eigenvalue weighted by molar-refractivity contribution is 5.81. The van der Waals surface area contributed by atoms with E-state index < -0.39 is 60.7 Å². The van der Waals surface area contributed by atoms with E-state index in [1.807, 2.05) is 36.4 Å². The summed E-state index contributed by atoms with van der Waals surface area (Å²) >= 11 is 0. The summed E-state index contributed by atoms with van der Waals surface area (Å²) in [5.41, 5.74) is 4.90. The van der Waals surface area contributed by atoms with Crippen molar-refractivity contribution in [1.29, 1.82) is 0 Å². The summed E-state index contributed by atoms with van der Waals surface area (Å²) < 4.78 is 38.2. The van der Waals surface area contributed by atoms with E-state index in [4.69, 9.17) is 33.2 Å². The number of benzene rings is 3. The van der Waals surface area contributed by atoms with Crippen LogP contribution in [0.4, 0.5) is 4.79 Å². The van der Waals surface area contributed by atoms with E-state index in [2.05, 4.69) is 29.3 Å². The van der Waals surface area contributed by atoms with Crippen LogP contribution in [0.3, 0.4) is 0 Å². The molecule has 1 heterocycles. The lowest BCUT2D eigenvalue weighted by molar-refractivity contribution is -0.282. The van der Waals surface area contributed by atoms with Crippen molar-refractivity contribution >= 4 is 36.3 Å². The summed E-state index contributed by atoms with van der Waals surface area (Å²) in [5, 5.41) is 2.70. The molecule has 14 nitrogen and oxygen atoms in total. The number of carbonyl (C=O) groups is 6. The second kappa shape index (κ2) is 17.3. The van der Waals surface area contributed by atoms with E-state index in [0.29, 0.717) is 11.8 Å². The van der Waals surface area contributed by atoms with Crippen molar-refractivity contribution in [3.63, 3.8) is 0 Å². The van der Waals surface area contributed by atoms with Gasteiger partial charge in [0.15, 0.2) is 24.6 Å².